The van der Waals surface area contributed by atoms with Gasteiger partial charge in [0.2, 0.25) is 5.91 Å². The zero-order valence-electron chi connectivity index (χ0n) is 9.27. The number of nitrogens with zero attached hydrogens (tertiary/aromatic N) is 1. The fourth-order valence-electron chi connectivity index (χ4n) is 2.02. The van der Waals surface area contributed by atoms with E-state index in [1.165, 1.54) is 17.7 Å². The topological polar surface area (TPSA) is 49.8 Å². The molecule has 1 saturated heterocycles. The van der Waals surface area contributed by atoms with Crippen molar-refractivity contribution in [2.24, 2.45) is 5.92 Å². The van der Waals surface area contributed by atoms with Gasteiger partial charge in [-0.3, -0.25) is 4.79 Å². The fraction of sp³-hybridized carbons (Fsp3) is 0.909. The maximum Gasteiger partial charge on any atom is 0.248 e. The predicted octanol–water partition coefficient (Wildman–Crippen LogP) is 0.344. The fourth-order valence-corrected chi connectivity index (χ4v) is 2.02. The highest BCUT2D eigenvalue weighted by Crippen LogP contribution is 2.28. The van der Waals surface area contributed by atoms with E-state index in [0.29, 0.717) is 12.5 Å². The highest BCUT2D eigenvalue weighted by atomic mass is 19.1. The van der Waals surface area contributed by atoms with Crippen LogP contribution < -0.4 is 0 Å². The normalized spacial score (nSPS) is 29.8. The molecule has 0 bridgehead atoms. The van der Waals surface area contributed by atoms with Gasteiger partial charge in [0.25, 0.3) is 0 Å². The summed E-state index contributed by atoms with van der Waals surface area (Å²) in [6.45, 7) is 0.563. The molecule has 16 heavy (non-hydrogen) atoms. The van der Waals surface area contributed by atoms with E-state index in [1.807, 2.05) is 0 Å². The quantitative estimate of drug-likeness (QED) is 0.742. The van der Waals surface area contributed by atoms with Crippen molar-refractivity contribution < 1.29 is 19.0 Å². The van der Waals surface area contributed by atoms with E-state index in [2.05, 4.69) is 0 Å². The lowest BCUT2D eigenvalue weighted by atomic mass is 10.2. The maximum absolute atomic E-state index is 13.1. The molecule has 0 aromatic heterocycles. The minimum Gasteiger partial charge on any atom is -0.394 e. The summed E-state index contributed by atoms with van der Waals surface area (Å²) in [6.07, 6.45) is 1.60. The van der Waals surface area contributed by atoms with Crippen molar-refractivity contribution in [3.8, 4) is 0 Å². The second-order valence-electron chi connectivity index (χ2n) is 4.67. The van der Waals surface area contributed by atoms with Crippen molar-refractivity contribution in [1.29, 1.82) is 0 Å². The van der Waals surface area contributed by atoms with E-state index in [-0.39, 0.29) is 38.1 Å². The number of amides is 1. The van der Waals surface area contributed by atoms with Crippen LogP contribution in [-0.2, 0) is 9.53 Å². The predicted molar refractivity (Wildman–Crippen MR) is 55.6 cm³/mol. The number of hydrogen-bond acceptors (Lipinski definition) is 3. The Morgan fingerprint density at radius 2 is 2.25 bits per heavy atom. The second kappa shape index (κ2) is 5.10. The number of ether oxygens (including phenoxy) is 1. The van der Waals surface area contributed by atoms with Gasteiger partial charge in [0.1, 0.15) is 12.8 Å². The largest absolute Gasteiger partial charge is 0.394 e. The molecule has 1 heterocycles. The molecule has 92 valence electrons. The van der Waals surface area contributed by atoms with Gasteiger partial charge in [0.15, 0.2) is 0 Å². The molecule has 0 unspecified atom stereocenters. The van der Waals surface area contributed by atoms with Crippen LogP contribution in [0.4, 0.5) is 4.39 Å². The number of aliphatic hydroxyl groups is 1. The van der Waals surface area contributed by atoms with Crippen molar-refractivity contribution >= 4 is 5.91 Å². The van der Waals surface area contributed by atoms with Crippen LogP contribution in [0, 0.1) is 5.92 Å². The summed E-state index contributed by atoms with van der Waals surface area (Å²) in [6, 6.07) is -0.368. The lowest BCUT2D eigenvalue weighted by Gasteiger charge is -2.22. The van der Waals surface area contributed by atoms with Crippen LogP contribution in [0.5, 0.6) is 0 Å². The monoisotopic (exact) mass is 231 g/mol. The molecule has 1 amide bonds. The number of alkyl halides is 1. The molecule has 2 rings (SSSR count). The van der Waals surface area contributed by atoms with Gasteiger partial charge in [-0.25, -0.2) is 4.39 Å². The highest BCUT2D eigenvalue weighted by Gasteiger charge is 2.34. The molecule has 0 aromatic rings. The van der Waals surface area contributed by atoms with Crippen LogP contribution in [-0.4, -0.2) is 54.5 Å². The minimum atomic E-state index is -1.01. The highest BCUT2D eigenvalue weighted by molar-refractivity contribution is 5.78. The van der Waals surface area contributed by atoms with Crippen molar-refractivity contribution in [3.63, 3.8) is 0 Å². The van der Waals surface area contributed by atoms with E-state index in [4.69, 9.17) is 9.84 Å². The molecule has 4 nitrogen and oxygen atoms in total. The second-order valence-corrected chi connectivity index (χ2v) is 4.67. The van der Waals surface area contributed by atoms with Crippen LogP contribution in [0.25, 0.3) is 0 Å². The molecule has 2 atom stereocenters. The number of carbonyl (C=O) groups excluding carboxylic acids is 1. The number of halogens is 1. The van der Waals surface area contributed by atoms with Gasteiger partial charge >= 0.3 is 0 Å². The summed E-state index contributed by atoms with van der Waals surface area (Å²) in [5.74, 6) is 0.411. The van der Waals surface area contributed by atoms with Crippen LogP contribution in [0.3, 0.4) is 0 Å². The van der Waals surface area contributed by atoms with Gasteiger partial charge < -0.3 is 14.7 Å². The SMILES string of the molecule is O=C(COCC1CC1)N1C[C@@H](F)C[C@H]1CO. The van der Waals surface area contributed by atoms with Gasteiger partial charge in [-0.15, -0.1) is 0 Å². The number of rotatable bonds is 5. The van der Waals surface area contributed by atoms with Crippen LogP contribution in [0.15, 0.2) is 0 Å². The van der Waals surface area contributed by atoms with Crippen molar-refractivity contribution in [2.75, 3.05) is 26.4 Å². The average molecular weight is 231 g/mol. The first kappa shape index (κ1) is 11.8. The van der Waals surface area contributed by atoms with E-state index in [1.54, 1.807) is 0 Å². The van der Waals surface area contributed by atoms with Crippen LogP contribution in [0.1, 0.15) is 19.3 Å². The van der Waals surface area contributed by atoms with E-state index >= 15 is 0 Å². The zero-order valence-corrected chi connectivity index (χ0v) is 9.27. The van der Waals surface area contributed by atoms with Gasteiger partial charge in [-0.05, 0) is 18.8 Å². The lowest BCUT2D eigenvalue weighted by molar-refractivity contribution is -0.138. The van der Waals surface area contributed by atoms with E-state index in [9.17, 15) is 9.18 Å². The Labute approximate surface area is 94.4 Å². The van der Waals surface area contributed by atoms with Crippen LogP contribution >= 0.6 is 0 Å². The number of carbonyl (C=O) groups is 1. The summed E-state index contributed by atoms with van der Waals surface area (Å²) in [5, 5.41) is 9.03. The summed E-state index contributed by atoms with van der Waals surface area (Å²) < 4.78 is 18.4. The summed E-state index contributed by atoms with van der Waals surface area (Å²) in [5.41, 5.74) is 0. The lowest BCUT2D eigenvalue weighted by Crippen LogP contribution is -2.40. The van der Waals surface area contributed by atoms with E-state index in [0.717, 1.165) is 0 Å². The molecular weight excluding hydrogens is 213 g/mol. The Morgan fingerprint density at radius 3 is 2.88 bits per heavy atom. The van der Waals surface area contributed by atoms with Crippen molar-refractivity contribution in [2.45, 2.75) is 31.5 Å². The third kappa shape index (κ3) is 2.92. The molecule has 5 heteroatoms. The molecular formula is C11H18FNO3. The Balaban J connectivity index is 1.73. The standard InChI is InChI=1S/C11H18FNO3/c12-9-3-10(5-14)13(4-9)11(15)7-16-6-8-1-2-8/h8-10,14H,1-7H2/t9-,10-/m0/s1. The Bertz CT molecular complexity index is 258. The summed E-state index contributed by atoms with van der Waals surface area (Å²) in [4.78, 5) is 13.1. The van der Waals surface area contributed by atoms with Gasteiger partial charge in [0.05, 0.1) is 25.8 Å². The Hall–Kier alpha value is -0.680. The first-order chi connectivity index (χ1) is 7.70. The Kier molecular flexibility index (Phi) is 3.76. The third-order valence-corrected chi connectivity index (χ3v) is 3.17. The first-order valence-electron chi connectivity index (χ1n) is 5.83. The van der Waals surface area contributed by atoms with Gasteiger partial charge in [-0.1, -0.05) is 0 Å². The van der Waals surface area contributed by atoms with E-state index < -0.39 is 6.17 Å². The third-order valence-electron chi connectivity index (χ3n) is 3.17. The molecule has 0 radical (unpaired) electrons. The zero-order chi connectivity index (χ0) is 11.5. The van der Waals surface area contributed by atoms with Crippen molar-refractivity contribution in [1.82, 2.24) is 4.90 Å². The minimum absolute atomic E-state index is 0.0136. The summed E-state index contributed by atoms with van der Waals surface area (Å²) >= 11 is 0. The number of likely N-dealkylation sites (tertiary alicyclic amines) is 1. The Morgan fingerprint density at radius 1 is 1.50 bits per heavy atom. The van der Waals surface area contributed by atoms with Crippen molar-refractivity contribution in [3.05, 3.63) is 0 Å². The van der Waals surface area contributed by atoms with Gasteiger partial charge in [0, 0.05) is 6.42 Å². The first-order valence-corrected chi connectivity index (χ1v) is 5.83. The molecule has 2 aliphatic rings. The van der Waals surface area contributed by atoms with Crippen LogP contribution in [0.2, 0.25) is 0 Å². The summed E-state index contributed by atoms with van der Waals surface area (Å²) in [7, 11) is 0. The van der Waals surface area contributed by atoms with Gasteiger partial charge in [-0.2, -0.15) is 0 Å². The smallest absolute Gasteiger partial charge is 0.248 e. The molecule has 2 fully saturated rings. The molecule has 1 aliphatic heterocycles. The molecule has 1 saturated carbocycles. The number of aliphatic hydroxyl groups excluding tert-OH is 1. The molecule has 1 aliphatic carbocycles. The molecule has 0 aromatic carbocycles. The molecule has 1 N–H and O–H groups in total. The average Bonchev–Trinajstić information content (AvgIpc) is 3.00. The maximum atomic E-state index is 13.1. The molecule has 0 spiro atoms. The number of hydrogen-bond donors (Lipinski definition) is 1.